The van der Waals surface area contributed by atoms with Gasteiger partial charge in [-0.3, -0.25) is 4.79 Å². The molecule has 0 amide bonds. The molecule has 0 fully saturated rings. The summed E-state index contributed by atoms with van der Waals surface area (Å²) in [6.45, 7) is 0.730. The van der Waals surface area contributed by atoms with E-state index in [1.807, 2.05) is 0 Å². The maximum Gasteiger partial charge on any atom is 0.373 e. The second-order valence-corrected chi connectivity index (χ2v) is 4.01. The van der Waals surface area contributed by atoms with Crippen LogP contribution >= 0.6 is 0 Å². The number of aliphatic hydroxyl groups is 5. The first-order chi connectivity index (χ1) is 9.79. The lowest BCUT2D eigenvalue weighted by molar-refractivity contribution is -0.144. The molecule has 0 bridgehead atoms. The van der Waals surface area contributed by atoms with Crippen LogP contribution in [0.1, 0.15) is 6.92 Å². The Kier molecular flexibility index (Phi) is 8.74. The predicted octanol–water partition coefficient (Wildman–Crippen LogP) is -2.92. The number of methoxy groups -OCH3 is 1. The van der Waals surface area contributed by atoms with E-state index in [1.54, 1.807) is 6.92 Å². The number of hydrogen-bond acceptors (Lipinski definition) is 9. The Morgan fingerprint density at radius 2 is 1.71 bits per heavy atom. The second kappa shape index (κ2) is 9.42. The fraction of sp³-hybridized carbons (Fsp3) is 0.667. The SMILES string of the molecule is CCOC(=CC(=O)[C@@H](O)[C@@H](O)[C@H](O)[C@H](O)CO)C(=O)OC. The van der Waals surface area contributed by atoms with Gasteiger partial charge in [0.05, 0.1) is 20.3 Å². The summed E-state index contributed by atoms with van der Waals surface area (Å²) in [5, 5.41) is 46.2. The summed E-state index contributed by atoms with van der Waals surface area (Å²) < 4.78 is 9.20. The zero-order chi connectivity index (χ0) is 16.6. The summed E-state index contributed by atoms with van der Waals surface area (Å²) in [4.78, 5) is 23.0. The van der Waals surface area contributed by atoms with E-state index in [0.717, 1.165) is 7.11 Å². The van der Waals surface area contributed by atoms with Crippen LogP contribution in [0, 0.1) is 0 Å². The largest absolute Gasteiger partial charge is 0.487 e. The number of hydrogen-bond donors (Lipinski definition) is 5. The summed E-state index contributed by atoms with van der Waals surface area (Å²) in [5.74, 6) is -2.57. The van der Waals surface area contributed by atoms with Crippen LogP contribution in [-0.2, 0) is 19.1 Å². The van der Waals surface area contributed by atoms with Gasteiger partial charge >= 0.3 is 5.97 Å². The van der Waals surface area contributed by atoms with E-state index in [2.05, 4.69) is 4.74 Å². The molecule has 21 heavy (non-hydrogen) atoms. The van der Waals surface area contributed by atoms with Gasteiger partial charge in [-0.05, 0) is 6.92 Å². The van der Waals surface area contributed by atoms with E-state index in [1.165, 1.54) is 0 Å². The molecule has 0 aromatic rings. The number of aliphatic hydroxyl groups excluding tert-OH is 5. The van der Waals surface area contributed by atoms with E-state index in [0.29, 0.717) is 6.08 Å². The summed E-state index contributed by atoms with van der Waals surface area (Å²) >= 11 is 0. The van der Waals surface area contributed by atoms with Crippen molar-refractivity contribution < 1.29 is 44.6 Å². The molecule has 0 saturated carbocycles. The Morgan fingerprint density at radius 1 is 1.14 bits per heavy atom. The molecule has 0 aromatic carbocycles. The fourth-order valence-electron chi connectivity index (χ4n) is 1.32. The number of rotatable bonds is 9. The quantitative estimate of drug-likeness (QED) is 0.171. The molecule has 9 heteroatoms. The highest BCUT2D eigenvalue weighted by Gasteiger charge is 2.33. The minimum Gasteiger partial charge on any atom is -0.487 e. The third-order valence-electron chi connectivity index (χ3n) is 2.51. The molecule has 0 heterocycles. The van der Waals surface area contributed by atoms with Crippen LogP contribution in [0.3, 0.4) is 0 Å². The van der Waals surface area contributed by atoms with Crippen LogP contribution in [0.2, 0.25) is 0 Å². The summed E-state index contributed by atoms with van der Waals surface area (Å²) in [5.41, 5.74) is 0. The van der Waals surface area contributed by atoms with Gasteiger partial charge in [-0.1, -0.05) is 0 Å². The van der Waals surface area contributed by atoms with E-state index in [-0.39, 0.29) is 6.61 Å². The molecule has 0 rings (SSSR count). The Bertz CT molecular complexity index is 379. The molecule has 0 aliphatic carbocycles. The minimum atomic E-state index is -2.12. The smallest absolute Gasteiger partial charge is 0.373 e. The van der Waals surface area contributed by atoms with Crippen molar-refractivity contribution in [3.05, 3.63) is 11.8 Å². The van der Waals surface area contributed by atoms with Crippen LogP contribution in [0.15, 0.2) is 11.8 Å². The molecule has 122 valence electrons. The molecule has 0 spiro atoms. The number of carbonyl (C=O) groups excluding carboxylic acids is 2. The lowest BCUT2D eigenvalue weighted by Gasteiger charge is -2.24. The maximum atomic E-state index is 11.7. The van der Waals surface area contributed by atoms with Crippen molar-refractivity contribution in [1.29, 1.82) is 0 Å². The minimum absolute atomic E-state index is 0.0543. The summed E-state index contributed by atoms with van der Waals surface area (Å²) in [6.07, 6.45) is -7.26. The third-order valence-corrected chi connectivity index (χ3v) is 2.51. The average molecular weight is 308 g/mol. The molecule has 9 nitrogen and oxygen atoms in total. The van der Waals surface area contributed by atoms with Crippen LogP contribution in [0.5, 0.6) is 0 Å². The average Bonchev–Trinajstić information content (AvgIpc) is 2.50. The first-order valence-electron chi connectivity index (χ1n) is 6.09. The number of esters is 1. The van der Waals surface area contributed by atoms with E-state index in [4.69, 9.17) is 14.9 Å². The van der Waals surface area contributed by atoms with Gasteiger partial charge in [-0.2, -0.15) is 0 Å². The van der Waals surface area contributed by atoms with Gasteiger partial charge in [0.25, 0.3) is 0 Å². The number of ether oxygens (including phenoxy) is 2. The number of ketones is 1. The van der Waals surface area contributed by atoms with Gasteiger partial charge in [-0.15, -0.1) is 0 Å². The Hall–Kier alpha value is -1.52. The van der Waals surface area contributed by atoms with Gasteiger partial charge in [0.2, 0.25) is 5.76 Å². The third kappa shape index (κ3) is 5.78. The normalized spacial score (nSPS) is 17.6. The Labute approximate surface area is 121 Å². The Morgan fingerprint density at radius 3 is 2.14 bits per heavy atom. The molecule has 0 aromatic heterocycles. The van der Waals surface area contributed by atoms with Crippen molar-refractivity contribution in [2.75, 3.05) is 20.3 Å². The zero-order valence-corrected chi connectivity index (χ0v) is 11.7. The molecule has 4 atom stereocenters. The standard InChI is InChI=1S/C12H20O9/c1-3-21-8(12(19)20-2)4-6(14)9(16)11(18)10(17)7(15)5-13/h4,7,9-11,13,15-18H,3,5H2,1-2H3/t7-,9-,10-,11-/m1/s1. The number of carbonyl (C=O) groups is 2. The predicted molar refractivity (Wildman–Crippen MR) is 67.8 cm³/mol. The first-order valence-corrected chi connectivity index (χ1v) is 6.09. The van der Waals surface area contributed by atoms with E-state index >= 15 is 0 Å². The first kappa shape index (κ1) is 19.5. The monoisotopic (exact) mass is 308 g/mol. The molecule has 0 saturated heterocycles. The summed E-state index contributed by atoms with van der Waals surface area (Å²) in [6, 6.07) is 0. The molecule has 0 unspecified atom stereocenters. The van der Waals surface area contributed by atoms with Crippen LogP contribution in [0.25, 0.3) is 0 Å². The molecule has 0 radical (unpaired) electrons. The Balaban J connectivity index is 5.00. The van der Waals surface area contributed by atoms with Crippen LogP contribution in [0.4, 0.5) is 0 Å². The van der Waals surface area contributed by atoms with Gasteiger partial charge in [0, 0.05) is 6.08 Å². The lowest BCUT2D eigenvalue weighted by Crippen LogP contribution is -2.48. The van der Waals surface area contributed by atoms with E-state index < -0.39 is 48.5 Å². The van der Waals surface area contributed by atoms with Crippen molar-refractivity contribution in [2.24, 2.45) is 0 Å². The maximum absolute atomic E-state index is 11.7. The summed E-state index contributed by atoms with van der Waals surface area (Å²) in [7, 11) is 1.06. The molecule has 0 aliphatic heterocycles. The molecule has 5 N–H and O–H groups in total. The highest BCUT2D eigenvalue weighted by Crippen LogP contribution is 2.09. The molecule has 0 aliphatic rings. The second-order valence-electron chi connectivity index (χ2n) is 4.01. The van der Waals surface area contributed by atoms with Crippen molar-refractivity contribution in [2.45, 2.75) is 31.3 Å². The van der Waals surface area contributed by atoms with Gasteiger partial charge < -0.3 is 35.0 Å². The van der Waals surface area contributed by atoms with Crippen molar-refractivity contribution in [3.8, 4) is 0 Å². The van der Waals surface area contributed by atoms with E-state index in [9.17, 15) is 24.9 Å². The van der Waals surface area contributed by atoms with Gasteiger partial charge in [0.1, 0.15) is 24.4 Å². The van der Waals surface area contributed by atoms with Crippen molar-refractivity contribution >= 4 is 11.8 Å². The fourth-order valence-corrected chi connectivity index (χ4v) is 1.32. The van der Waals surface area contributed by atoms with Gasteiger partial charge in [0.15, 0.2) is 5.78 Å². The zero-order valence-electron chi connectivity index (χ0n) is 11.7. The van der Waals surface area contributed by atoms with Crippen LogP contribution in [-0.4, -0.2) is 82.0 Å². The van der Waals surface area contributed by atoms with Crippen molar-refractivity contribution in [3.63, 3.8) is 0 Å². The highest BCUT2D eigenvalue weighted by molar-refractivity contribution is 6.00. The lowest BCUT2D eigenvalue weighted by atomic mass is 10.00. The molecular formula is C12H20O9. The van der Waals surface area contributed by atoms with Crippen LogP contribution < -0.4 is 0 Å². The molecular weight excluding hydrogens is 288 g/mol. The highest BCUT2D eigenvalue weighted by atomic mass is 16.6. The topological polar surface area (TPSA) is 154 Å². The van der Waals surface area contributed by atoms with Crippen molar-refractivity contribution in [1.82, 2.24) is 0 Å². The van der Waals surface area contributed by atoms with Gasteiger partial charge in [-0.25, -0.2) is 4.79 Å².